The average molecular weight is 262 g/mol. The van der Waals surface area contributed by atoms with Crippen LogP contribution < -0.4 is 15.4 Å². The van der Waals surface area contributed by atoms with Crippen LogP contribution in [0.25, 0.3) is 0 Å². The van der Waals surface area contributed by atoms with Gasteiger partial charge in [-0.2, -0.15) is 0 Å². The van der Waals surface area contributed by atoms with Gasteiger partial charge in [0.05, 0.1) is 18.5 Å². The Labute approximate surface area is 116 Å². The molecule has 1 saturated heterocycles. The van der Waals surface area contributed by atoms with E-state index in [1.54, 1.807) is 7.11 Å². The zero-order valence-electron chi connectivity index (χ0n) is 12.4. The van der Waals surface area contributed by atoms with Crippen molar-refractivity contribution in [3.05, 3.63) is 18.2 Å². The number of nitrogen functional groups attached to an aromatic ring is 1. The molecular formula is C16H26N2O. The number of nitrogens with zero attached hydrogens (tertiary/aromatic N) is 1. The fraction of sp³-hybridized carbons (Fsp3) is 0.625. The number of nitrogens with two attached hydrogens (primary N) is 1. The molecule has 3 nitrogen and oxygen atoms in total. The summed E-state index contributed by atoms with van der Waals surface area (Å²) >= 11 is 0. The average Bonchev–Trinajstić information content (AvgIpc) is 2.64. The van der Waals surface area contributed by atoms with Crippen molar-refractivity contribution in [3.63, 3.8) is 0 Å². The van der Waals surface area contributed by atoms with Crippen LogP contribution in [0.5, 0.6) is 5.75 Å². The van der Waals surface area contributed by atoms with Crippen molar-refractivity contribution < 1.29 is 4.74 Å². The Morgan fingerprint density at radius 2 is 2.05 bits per heavy atom. The molecule has 0 saturated carbocycles. The van der Waals surface area contributed by atoms with Crippen molar-refractivity contribution >= 4 is 11.4 Å². The minimum Gasteiger partial charge on any atom is -0.497 e. The molecule has 0 aromatic heterocycles. The minimum atomic E-state index is 0.785. The van der Waals surface area contributed by atoms with Crippen LogP contribution in [0, 0.1) is 11.8 Å². The van der Waals surface area contributed by atoms with Gasteiger partial charge in [-0.05, 0) is 43.2 Å². The van der Waals surface area contributed by atoms with Crippen LogP contribution in [0.4, 0.5) is 11.4 Å². The van der Waals surface area contributed by atoms with Gasteiger partial charge in [0.2, 0.25) is 0 Å². The van der Waals surface area contributed by atoms with Crippen LogP contribution >= 0.6 is 0 Å². The Morgan fingerprint density at radius 1 is 1.26 bits per heavy atom. The van der Waals surface area contributed by atoms with Crippen LogP contribution in [-0.4, -0.2) is 20.2 Å². The van der Waals surface area contributed by atoms with E-state index in [1.165, 1.54) is 19.3 Å². The molecule has 1 aliphatic rings. The number of hydrogen-bond acceptors (Lipinski definition) is 3. The van der Waals surface area contributed by atoms with Crippen molar-refractivity contribution in [2.75, 3.05) is 30.8 Å². The van der Waals surface area contributed by atoms with E-state index in [0.717, 1.165) is 42.0 Å². The Bertz CT molecular complexity index is 417. The summed E-state index contributed by atoms with van der Waals surface area (Å²) in [5, 5.41) is 0. The van der Waals surface area contributed by atoms with Gasteiger partial charge >= 0.3 is 0 Å². The van der Waals surface area contributed by atoms with E-state index in [0.29, 0.717) is 0 Å². The van der Waals surface area contributed by atoms with Crippen molar-refractivity contribution in [2.45, 2.75) is 33.1 Å². The Kier molecular flexibility index (Phi) is 4.56. The molecule has 1 atom stereocenters. The molecule has 2 N–H and O–H groups in total. The first-order valence-corrected chi connectivity index (χ1v) is 7.30. The molecule has 19 heavy (non-hydrogen) atoms. The van der Waals surface area contributed by atoms with Gasteiger partial charge in [0.25, 0.3) is 0 Å². The van der Waals surface area contributed by atoms with Gasteiger partial charge in [-0.3, -0.25) is 0 Å². The molecule has 106 valence electrons. The van der Waals surface area contributed by atoms with E-state index in [-0.39, 0.29) is 0 Å². The summed E-state index contributed by atoms with van der Waals surface area (Å²) < 4.78 is 5.21. The lowest BCUT2D eigenvalue weighted by Gasteiger charge is -2.25. The van der Waals surface area contributed by atoms with Gasteiger partial charge < -0.3 is 15.4 Å². The normalized spacial score (nSPS) is 20.4. The maximum atomic E-state index is 6.15. The van der Waals surface area contributed by atoms with Crippen molar-refractivity contribution in [2.24, 2.45) is 11.8 Å². The largest absolute Gasteiger partial charge is 0.497 e. The summed E-state index contributed by atoms with van der Waals surface area (Å²) in [4.78, 5) is 2.43. The monoisotopic (exact) mass is 262 g/mol. The molecule has 2 rings (SSSR count). The molecule has 1 aliphatic heterocycles. The first-order chi connectivity index (χ1) is 9.11. The van der Waals surface area contributed by atoms with Crippen molar-refractivity contribution in [3.8, 4) is 5.75 Å². The molecule has 1 unspecified atom stereocenters. The smallest absolute Gasteiger partial charge is 0.121 e. The van der Waals surface area contributed by atoms with E-state index in [9.17, 15) is 0 Å². The second kappa shape index (κ2) is 6.18. The Morgan fingerprint density at radius 3 is 2.68 bits per heavy atom. The fourth-order valence-corrected chi connectivity index (χ4v) is 2.98. The molecule has 3 heteroatoms. The van der Waals surface area contributed by atoms with Crippen LogP contribution in [0.1, 0.15) is 33.1 Å². The molecule has 0 radical (unpaired) electrons. The topological polar surface area (TPSA) is 38.5 Å². The van der Waals surface area contributed by atoms with Crippen LogP contribution in [0.3, 0.4) is 0 Å². The summed E-state index contributed by atoms with van der Waals surface area (Å²) in [5.41, 5.74) is 8.13. The summed E-state index contributed by atoms with van der Waals surface area (Å²) in [5.74, 6) is 2.47. The van der Waals surface area contributed by atoms with Crippen LogP contribution in [0.2, 0.25) is 0 Å². The third-order valence-electron chi connectivity index (χ3n) is 4.29. The number of methoxy groups -OCH3 is 1. The Balaban J connectivity index is 2.10. The first kappa shape index (κ1) is 14.0. The number of anilines is 2. The number of ether oxygens (including phenoxy) is 1. The molecule has 1 heterocycles. The highest BCUT2D eigenvalue weighted by Gasteiger charge is 2.20. The second-order valence-electron chi connectivity index (χ2n) is 5.85. The molecule has 1 aromatic rings. The summed E-state index contributed by atoms with van der Waals surface area (Å²) in [6, 6.07) is 6.00. The SMILES string of the molecule is COc1ccc(N2CCCC(C(C)C)CC2)c(N)c1. The number of benzene rings is 1. The van der Waals surface area contributed by atoms with Gasteiger partial charge in [0.1, 0.15) is 5.75 Å². The Hall–Kier alpha value is -1.38. The first-order valence-electron chi connectivity index (χ1n) is 7.30. The predicted octanol–water partition coefficient (Wildman–Crippen LogP) is 3.54. The van der Waals surface area contributed by atoms with Crippen molar-refractivity contribution in [1.82, 2.24) is 0 Å². The van der Waals surface area contributed by atoms with Crippen LogP contribution in [-0.2, 0) is 0 Å². The third-order valence-corrected chi connectivity index (χ3v) is 4.29. The van der Waals surface area contributed by atoms with E-state index >= 15 is 0 Å². The predicted molar refractivity (Wildman–Crippen MR) is 81.8 cm³/mol. The molecular weight excluding hydrogens is 236 g/mol. The van der Waals surface area contributed by atoms with E-state index in [2.05, 4.69) is 24.8 Å². The zero-order valence-corrected chi connectivity index (χ0v) is 12.4. The highest BCUT2D eigenvalue weighted by Crippen LogP contribution is 2.32. The summed E-state index contributed by atoms with van der Waals surface area (Å²) in [7, 11) is 1.67. The van der Waals surface area contributed by atoms with Crippen molar-refractivity contribution in [1.29, 1.82) is 0 Å². The molecule has 0 aliphatic carbocycles. The van der Waals surface area contributed by atoms with Gasteiger partial charge in [0.15, 0.2) is 0 Å². The van der Waals surface area contributed by atoms with Gasteiger partial charge in [-0.1, -0.05) is 13.8 Å². The van der Waals surface area contributed by atoms with Gasteiger partial charge in [0, 0.05) is 19.2 Å². The molecule has 0 spiro atoms. The van der Waals surface area contributed by atoms with E-state index in [1.807, 2.05) is 12.1 Å². The fourth-order valence-electron chi connectivity index (χ4n) is 2.98. The zero-order chi connectivity index (χ0) is 13.8. The van der Waals surface area contributed by atoms with Gasteiger partial charge in [-0.15, -0.1) is 0 Å². The quantitative estimate of drug-likeness (QED) is 0.847. The lowest BCUT2D eigenvalue weighted by atomic mass is 9.89. The molecule has 1 aromatic carbocycles. The van der Waals surface area contributed by atoms with Crippen LogP contribution in [0.15, 0.2) is 18.2 Å². The second-order valence-corrected chi connectivity index (χ2v) is 5.85. The highest BCUT2D eigenvalue weighted by molar-refractivity contribution is 5.69. The maximum Gasteiger partial charge on any atom is 0.121 e. The van der Waals surface area contributed by atoms with E-state index in [4.69, 9.17) is 10.5 Å². The highest BCUT2D eigenvalue weighted by atomic mass is 16.5. The number of hydrogen-bond donors (Lipinski definition) is 1. The molecule has 0 amide bonds. The van der Waals surface area contributed by atoms with E-state index < -0.39 is 0 Å². The third kappa shape index (κ3) is 3.34. The summed E-state index contributed by atoms with van der Waals surface area (Å²) in [6.07, 6.45) is 3.86. The molecule has 1 fully saturated rings. The minimum absolute atomic E-state index is 0.785. The maximum absolute atomic E-state index is 6.15. The molecule has 0 bridgehead atoms. The lowest BCUT2D eigenvalue weighted by Crippen LogP contribution is -2.25. The number of rotatable bonds is 3. The lowest BCUT2D eigenvalue weighted by molar-refractivity contribution is 0.351. The van der Waals surface area contributed by atoms with Gasteiger partial charge in [-0.25, -0.2) is 0 Å². The standard InChI is InChI=1S/C16H26N2O/c1-12(2)13-5-4-9-18(10-8-13)16-7-6-14(19-3)11-15(16)17/h6-7,11-13H,4-5,8-10,17H2,1-3H3. The summed E-state index contributed by atoms with van der Waals surface area (Å²) in [6.45, 7) is 6.89.